The van der Waals surface area contributed by atoms with Crippen LogP contribution in [0.1, 0.15) is 45.9 Å². The second-order valence-electron chi connectivity index (χ2n) is 5.03. The van der Waals surface area contributed by atoms with E-state index in [-0.39, 0.29) is 0 Å². The van der Waals surface area contributed by atoms with E-state index in [0.29, 0.717) is 11.3 Å². The van der Waals surface area contributed by atoms with E-state index in [2.05, 4.69) is 40.9 Å². The minimum Gasteiger partial charge on any atom is -0.313 e. The first-order valence-electron chi connectivity index (χ1n) is 7.04. The quantitative estimate of drug-likeness (QED) is 0.833. The van der Waals surface area contributed by atoms with Crippen LogP contribution >= 0.6 is 11.8 Å². The molecule has 1 aliphatic heterocycles. The van der Waals surface area contributed by atoms with Gasteiger partial charge in [0.25, 0.3) is 0 Å². The summed E-state index contributed by atoms with van der Waals surface area (Å²) in [7, 11) is 0. The number of aryl methyl sites for hydroxylation is 1. The van der Waals surface area contributed by atoms with Crippen molar-refractivity contribution in [3.8, 4) is 0 Å². The molecule has 0 saturated heterocycles. The van der Waals surface area contributed by atoms with E-state index in [1.807, 2.05) is 11.8 Å². The van der Waals surface area contributed by atoms with E-state index in [0.717, 1.165) is 24.7 Å². The third-order valence-corrected chi connectivity index (χ3v) is 4.89. The summed E-state index contributed by atoms with van der Waals surface area (Å²) in [6.07, 6.45) is 4.92. The number of hydrogen-bond acceptors (Lipinski definition) is 4. The average molecular weight is 268 g/mol. The molecule has 1 N–H and O–H groups in total. The minimum atomic E-state index is 0.499. The highest BCUT2D eigenvalue weighted by atomic mass is 32.2. The largest absolute Gasteiger partial charge is 0.313 e. The van der Waals surface area contributed by atoms with Gasteiger partial charge in [-0.15, -0.1) is 10.2 Å². The molecule has 0 radical (unpaired) electrons. The zero-order chi connectivity index (χ0) is 13.0. The van der Waals surface area contributed by atoms with Gasteiger partial charge in [0.05, 0.1) is 0 Å². The Morgan fingerprint density at radius 1 is 1.28 bits per heavy atom. The van der Waals surface area contributed by atoms with Crippen LogP contribution in [0, 0.1) is 0 Å². The number of nitrogens with one attached hydrogen (secondary N) is 1. The van der Waals surface area contributed by atoms with Gasteiger partial charge in [-0.2, -0.15) is 0 Å². The Morgan fingerprint density at radius 2 is 2.11 bits per heavy atom. The maximum atomic E-state index is 4.37. The first kappa shape index (κ1) is 13.9. The van der Waals surface area contributed by atoms with E-state index in [1.54, 1.807) is 0 Å². The van der Waals surface area contributed by atoms with Gasteiger partial charge in [0.15, 0.2) is 5.16 Å². The molecule has 2 unspecified atom stereocenters. The summed E-state index contributed by atoms with van der Waals surface area (Å²) < 4.78 is 2.33. The molecule has 1 aromatic rings. The van der Waals surface area contributed by atoms with Gasteiger partial charge in [0.2, 0.25) is 0 Å². The van der Waals surface area contributed by atoms with Crippen molar-refractivity contribution in [1.29, 1.82) is 0 Å². The molecule has 1 aromatic heterocycles. The van der Waals surface area contributed by atoms with Gasteiger partial charge < -0.3 is 9.88 Å². The smallest absolute Gasteiger partial charge is 0.191 e. The molecular weight excluding hydrogens is 244 g/mol. The Balaban J connectivity index is 2.03. The molecule has 5 heteroatoms. The normalized spacial score (nSPS) is 19.1. The highest BCUT2D eigenvalue weighted by Gasteiger charge is 2.19. The fourth-order valence-corrected chi connectivity index (χ4v) is 3.35. The highest BCUT2D eigenvalue weighted by Crippen LogP contribution is 2.26. The molecule has 18 heavy (non-hydrogen) atoms. The lowest BCUT2D eigenvalue weighted by atomic mass is 10.2. The third-order valence-electron chi connectivity index (χ3n) is 3.60. The van der Waals surface area contributed by atoms with E-state index in [9.17, 15) is 0 Å². The van der Waals surface area contributed by atoms with Gasteiger partial charge in [-0.25, -0.2) is 0 Å². The molecular formula is C13H24N4S. The summed E-state index contributed by atoms with van der Waals surface area (Å²) in [4.78, 5) is 0. The van der Waals surface area contributed by atoms with Crippen LogP contribution < -0.4 is 5.32 Å². The van der Waals surface area contributed by atoms with Crippen molar-refractivity contribution in [2.45, 2.75) is 69.4 Å². The standard InChI is InChI=1S/C13H24N4S/c1-4-14-10(2)11(3)18-13-16-15-12-8-6-5-7-9-17(12)13/h10-11,14H,4-9H2,1-3H3. The van der Waals surface area contributed by atoms with Crippen molar-refractivity contribution in [3.63, 3.8) is 0 Å². The molecule has 0 aromatic carbocycles. The van der Waals surface area contributed by atoms with Gasteiger partial charge in [-0.05, 0) is 26.3 Å². The summed E-state index contributed by atoms with van der Waals surface area (Å²) in [5, 5.41) is 13.8. The van der Waals surface area contributed by atoms with Crippen molar-refractivity contribution < 1.29 is 0 Å². The molecule has 0 fully saturated rings. The van der Waals surface area contributed by atoms with Crippen molar-refractivity contribution in [3.05, 3.63) is 5.82 Å². The van der Waals surface area contributed by atoms with E-state index >= 15 is 0 Å². The number of aromatic nitrogens is 3. The van der Waals surface area contributed by atoms with Crippen LogP contribution in [-0.2, 0) is 13.0 Å². The van der Waals surface area contributed by atoms with Crippen molar-refractivity contribution >= 4 is 11.8 Å². The number of fused-ring (bicyclic) bond motifs is 1. The monoisotopic (exact) mass is 268 g/mol. The molecule has 2 atom stereocenters. The van der Waals surface area contributed by atoms with Crippen molar-refractivity contribution in [2.75, 3.05) is 6.54 Å². The van der Waals surface area contributed by atoms with Crippen LogP contribution in [0.4, 0.5) is 0 Å². The maximum Gasteiger partial charge on any atom is 0.191 e. The van der Waals surface area contributed by atoms with Crippen LogP contribution in [0.3, 0.4) is 0 Å². The Labute approximate surface area is 114 Å². The maximum absolute atomic E-state index is 4.37. The Kier molecular flexibility index (Phi) is 5.06. The van der Waals surface area contributed by atoms with Gasteiger partial charge in [-0.3, -0.25) is 0 Å². The van der Waals surface area contributed by atoms with Crippen LogP contribution in [-0.4, -0.2) is 32.6 Å². The molecule has 0 spiro atoms. The topological polar surface area (TPSA) is 42.7 Å². The van der Waals surface area contributed by atoms with Crippen LogP contribution in [0.2, 0.25) is 0 Å². The number of thioether (sulfide) groups is 1. The lowest BCUT2D eigenvalue weighted by molar-refractivity contribution is 0.556. The van der Waals surface area contributed by atoms with Gasteiger partial charge >= 0.3 is 0 Å². The first-order chi connectivity index (χ1) is 8.72. The molecule has 4 nitrogen and oxygen atoms in total. The fourth-order valence-electron chi connectivity index (χ4n) is 2.30. The summed E-state index contributed by atoms with van der Waals surface area (Å²) in [6.45, 7) is 8.76. The molecule has 0 bridgehead atoms. The van der Waals surface area contributed by atoms with Gasteiger partial charge in [0.1, 0.15) is 5.82 Å². The van der Waals surface area contributed by atoms with Gasteiger partial charge in [-0.1, -0.05) is 32.0 Å². The highest BCUT2D eigenvalue weighted by molar-refractivity contribution is 7.99. The second kappa shape index (κ2) is 6.57. The zero-order valence-corrected chi connectivity index (χ0v) is 12.5. The lowest BCUT2D eigenvalue weighted by Crippen LogP contribution is -2.33. The summed E-state index contributed by atoms with van der Waals surface area (Å²) >= 11 is 1.85. The van der Waals surface area contributed by atoms with Crippen LogP contribution in [0.25, 0.3) is 0 Å². The van der Waals surface area contributed by atoms with Gasteiger partial charge in [0, 0.05) is 24.3 Å². The third kappa shape index (κ3) is 3.26. The summed E-state index contributed by atoms with van der Waals surface area (Å²) in [5.41, 5.74) is 0. The predicted octanol–water partition coefficient (Wildman–Crippen LogP) is 2.48. The molecule has 0 saturated carbocycles. The molecule has 1 aliphatic rings. The van der Waals surface area contributed by atoms with Crippen LogP contribution in [0.5, 0.6) is 0 Å². The van der Waals surface area contributed by atoms with E-state index in [1.165, 1.54) is 25.1 Å². The average Bonchev–Trinajstić information content (AvgIpc) is 2.60. The molecule has 0 amide bonds. The van der Waals surface area contributed by atoms with Crippen molar-refractivity contribution in [2.24, 2.45) is 0 Å². The molecule has 0 aliphatic carbocycles. The molecule has 102 valence electrons. The van der Waals surface area contributed by atoms with Crippen LogP contribution in [0.15, 0.2) is 5.16 Å². The minimum absolute atomic E-state index is 0.499. The Bertz CT molecular complexity index is 377. The number of hydrogen-bond donors (Lipinski definition) is 1. The lowest BCUT2D eigenvalue weighted by Gasteiger charge is -2.19. The predicted molar refractivity (Wildman–Crippen MR) is 76.0 cm³/mol. The van der Waals surface area contributed by atoms with E-state index in [4.69, 9.17) is 0 Å². The molecule has 2 rings (SSSR count). The fraction of sp³-hybridized carbons (Fsp3) is 0.846. The summed E-state index contributed by atoms with van der Waals surface area (Å²) in [6, 6.07) is 0.499. The van der Waals surface area contributed by atoms with E-state index < -0.39 is 0 Å². The Hall–Kier alpha value is -0.550. The number of rotatable bonds is 5. The van der Waals surface area contributed by atoms with Crippen molar-refractivity contribution in [1.82, 2.24) is 20.1 Å². The zero-order valence-electron chi connectivity index (χ0n) is 11.6. The first-order valence-corrected chi connectivity index (χ1v) is 7.92. The number of nitrogens with zero attached hydrogens (tertiary/aromatic N) is 3. The Morgan fingerprint density at radius 3 is 2.89 bits per heavy atom. The second-order valence-corrected chi connectivity index (χ2v) is 6.37. The summed E-state index contributed by atoms with van der Waals surface area (Å²) in [5.74, 6) is 1.18. The SMILES string of the molecule is CCNC(C)C(C)Sc1nnc2n1CCCCC2. The molecule has 2 heterocycles.